The topological polar surface area (TPSA) is 82.3 Å². The van der Waals surface area contributed by atoms with Crippen molar-refractivity contribution in [1.29, 1.82) is 5.26 Å². The van der Waals surface area contributed by atoms with Crippen LogP contribution >= 0.6 is 0 Å². The van der Waals surface area contributed by atoms with E-state index in [9.17, 15) is 4.79 Å². The van der Waals surface area contributed by atoms with E-state index in [2.05, 4.69) is 5.32 Å². The number of hydrogen-bond donors (Lipinski definition) is 2. The Morgan fingerprint density at radius 3 is 2.67 bits per heavy atom. The van der Waals surface area contributed by atoms with Crippen LogP contribution in [0.15, 0.2) is 29.8 Å². The van der Waals surface area contributed by atoms with Gasteiger partial charge in [0.1, 0.15) is 17.4 Å². The fourth-order valence-corrected chi connectivity index (χ4v) is 1.28. The maximum Gasteiger partial charge on any atom is 0.262 e. The van der Waals surface area contributed by atoms with Gasteiger partial charge in [0.2, 0.25) is 0 Å². The van der Waals surface area contributed by atoms with Crippen LogP contribution in [0.1, 0.15) is 5.56 Å². The third kappa shape index (κ3) is 3.92. The Hall–Kier alpha value is -2.32. The second-order valence-electron chi connectivity index (χ2n) is 3.42. The van der Waals surface area contributed by atoms with Gasteiger partial charge in [0.05, 0.1) is 13.7 Å². The van der Waals surface area contributed by atoms with E-state index in [1.807, 2.05) is 6.07 Å². The van der Waals surface area contributed by atoms with Crippen LogP contribution in [0.3, 0.4) is 0 Å². The number of nitriles is 1. The van der Waals surface area contributed by atoms with Crippen LogP contribution in [0.4, 0.5) is 0 Å². The predicted molar refractivity (Wildman–Crippen MR) is 66.7 cm³/mol. The van der Waals surface area contributed by atoms with Gasteiger partial charge in [-0.25, -0.2) is 0 Å². The number of carbonyl (C=O) groups is 1. The number of aliphatic hydroxyl groups excluding tert-OH is 1. The Kier molecular flexibility index (Phi) is 5.42. The number of hydrogen-bond acceptors (Lipinski definition) is 4. The summed E-state index contributed by atoms with van der Waals surface area (Å²) in [5, 5.41) is 19.9. The first-order chi connectivity index (χ1) is 8.71. The molecule has 5 heteroatoms. The van der Waals surface area contributed by atoms with Gasteiger partial charge in [0.25, 0.3) is 5.91 Å². The lowest BCUT2D eigenvalue weighted by molar-refractivity contribution is -0.117. The molecule has 2 N–H and O–H groups in total. The zero-order chi connectivity index (χ0) is 13.4. The minimum absolute atomic E-state index is 0.00591. The van der Waals surface area contributed by atoms with Crippen molar-refractivity contribution in [3.8, 4) is 11.8 Å². The molecule has 0 unspecified atom stereocenters. The highest BCUT2D eigenvalue weighted by molar-refractivity contribution is 6.01. The van der Waals surface area contributed by atoms with Gasteiger partial charge in [-0.2, -0.15) is 5.26 Å². The average molecular weight is 246 g/mol. The maximum atomic E-state index is 11.5. The molecule has 0 aliphatic carbocycles. The van der Waals surface area contributed by atoms with Crippen LogP contribution in [0.2, 0.25) is 0 Å². The molecule has 1 aromatic rings. The lowest BCUT2D eigenvalue weighted by atomic mass is 10.1. The number of nitrogens with one attached hydrogen (secondary N) is 1. The van der Waals surface area contributed by atoms with Gasteiger partial charge >= 0.3 is 0 Å². The number of methoxy groups -OCH3 is 1. The Morgan fingerprint density at radius 1 is 1.50 bits per heavy atom. The summed E-state index contributed by atoms with van der Waals surface area (Å²) in [5.74, 6) is 0.206. The average Bonchev–Trinajstić information content (AvgIpc) is 2.42. The highest BCUT2D eigenvalue weighted by atomic mass is 16.5. The summed E-state index contributed by atoms with van der Waals surface area (Å²) in [7, 11) is 1.56. The molecule has 0 atom stereocenters. The third-order valence-electron chi connectivity index (χ3n) is 2.19. The van der Waals surface area contributed by atoms with Crippen LogP contribution < -0.4 is 10.1 Å². The molecule has 0 spiro atoms. The first-order valence-corrected chi connectivity index (χ1v) is 5.36. The van der Waals surface area contributed by atoms with Crippen molar-refractivity contribution in [3.63, 3.8) is 0 Å². The molecular formula is C13H14N2O3. The van der Waals surface area contributed by atoms with E-state index >= 15 is 0 Å². The van der Waals surface area contributed by atoms with Gasteiger partial charge in [-0.05, 0) is 23.8 Å². The van der Waals surface area contributed by atoms with Crippen LogP contribution in [0.5, 0.6) is 5.75 Å². The van der Waals surface area contributed by atoms with Crippen molar-refractivity contribution >= 4 is 12.0 Å². The normalized spacial score (nSPS) is 10.6. The van der Waals surface area contributed by atoms with Gasteiger partial charge < -0.3 is 15.2 Å². The minimum Gasteiger partial charge on any atom is -0.497 e. The van der Waals surface area contributed by atoms with E-state index in [0.29, 0.717) is 5.75 Å². The summed E-state index contributed by atoms with van der Waals surface area (Å²) in [4.78, 5) is 11.5. The molecule has 1 amide bonds. The van der Waals surface area contributed by atoms with Gasteiger partial charge in [0, 0.05) is 6.54 Å². The predicted octanol–water partition coefficient (Wildman–Crippen LogP) is 0.711. The standard InChI is InChI=1S/C13H14N2O3/c1-18-12-4-2-10(3-5-12)8-11(9-14)13(17)15-6-7-16/h2-5,8,16H,6-7H2,1H3,(H,15,17). The van der Waals surface area contributed by atoms with Crippen LogP contribution in [0, 0.1) is 11.3 Å². The Morgan fingerprint density at radius 2 is 2.17 bits per heavy atom. The lowest BCUT2D eigenvalue weighted by Crippen LogP contribution is -2.27. The molecule has 0 aliphatic rings. The van der Waals surface area contributed by atoms with Crippen molar-refractivity contribution in [1.82, 2.24) is 5.32 Å². The number of rotatable bonds is 5. The molecule has 0 fully saturated rings. The maximum absolute atomic E-state index is 11.5. The molecule has 0 bridgehead atoms. The summed E-state index contributed by atoms with van der Waals surface area (Å²) in [6, 6.07) is 8.80. The molecular weight excluding hydrogens is 232 g/mol. The number of ether oxygens (including phenoxy) is 1. The fraction of sp³-hybridized carbons (Fsp3) is 0.231. The van der Waals surface area contributed by atoms with Gasteiger partial charge in [-0.15, -0.1) is 0 Å². The van der Waals surface area contributed by atoms with Crippen molar-refractivity contribution in [2.24, 2.45) is 0 Å². The molecule has 0 saturated heterocycles. The largest absolute Gasteiger partial charge is 0.497 e. The number of amides is 1. The molecule has 0 heterocycles. The monoisotopic (exact) mass is 246 g/mol. The van der Waals surface area contributed by atoms with Crippen molar-refractivity contribution < 1.29 is 14.6 Å². The van der Waals surface area contributed by atoms with E-state index in [1.165, 1.54) is 6.08 Å². The Balaban J connectivity index is 2.83. The first-order valence-electron chi connectivity index (χ1n) is 5.36. The van der Waals surface area contributed by atoms with E-state index < -0.39 is 5.91 Å². The molecule has 0 aromatic heterocycles. The second kappa shape index (κ2) is 7.09. The first kappa shape index (κ1) is 13.7. The zero-order valence-electron chi connectivity index (χ0n) is 10.0. The van der Waals surface area contributed by atoms with E-state index in [4.69, 9.17) is 15.1 Å². The van der Waals surface area contributed by atoms with Crippen molar-refractivity contribution in [3.05, 3.63) is 35.4 Å². The number of aliphatic hydroxyl groups is 1. The number of carbonyl (C=O) groups excluding carboxylic acids is 1. The lowest BCUT2D eigenvalue weighted by Gasteiger charge is -2.02. The molecule has 0 radical (unpaired) electrons. The van der Waals surface area contributed by atoms with E-state index in [1.54, 1.807) is 31.4 Å². The minimum atomic E-state index is -0.498. The summed E-state index contributed by atoms with van der Waals surface area (Å²) in [6.45, 7) is -0.0343. The van der Waals surface area contributed by atoms with Gasteiger partial charge in [-0.3, -0.25) is 4.79 Å². The Bertz CT molecular complexity index is 472. The number of benzene rings is 1. The Labute approximate surface area is 105 Å². The highest BCUT2D eigenvalue weighted by Crippen LogP contribution is 2.13. The van der Waals surface area contributed by atoms with E-state index in [0.717, 1.165) is 5.56 Å². The molecule has 18 heavy (non-hydrogen) atoms. The van der Waals surface area contributed by atoms with Gasteiger partial charge in [-0.1, -0.05) is 12.1 Å². The third-order valence-corrected chi connectivity index (χ3v) is 2.19. The molecule has 5 nitrogen and oxygen atoms in total. The fourth-order valence-electron chi connectivity index (χ4n) is 1.28. The van der Waals surface area contributed by atoms with Crippen LogP contribution in [-0.2, 0) is 4.79 Å². The zero-order valence-corrected chi connectivity index (χ0v) is 10.0. The molecule has 0 saturated carbocycles. The molecule has 0 aliphatic heterocycles. The van der Waals surface area contributed by atoms with Crippen molar-refractivity contribution in [2.45, 2.75) is 0 Å². The second-order valence-corrected chi connectivity index (χ2v) is 3.42. The van der Waals surface area contributed by atoms with Gasteiger partial charge in [0.15, 0.2) is 0 Å². The van der Waals surface area contributed by atoms with E-state index in [-0.39, 0.29) is 18.7 Å². The molecule has 1 rings (SSSR count). The van der Waals surface area contributed by atoms with Crippen LogP contribution in [0.25, 0.3) is 6.08 Å². The van der Waals surface area contributed by atoms with Crippen molar-refractivity contribution in [2.75, 3.05) is 20.3 Å². The number of nitrogens with zero attached hydrogens (tertiary/aromatic N) is 1. The smallest absolute Gasteiger partial charge is 0.262 e. The SMILES string of the molecule is COc1ccc(C=C(C#N)C(=O)NCCO)cc1. The quantitative estimate of drug-likeness (QED) is 0.592. The molecule has 94 valence electrons. The highest BCUT2D eigenvalue weighted by Gasteiger charge is 2.07. The molecule has 1 aromatic carbocycles. The summed E-state index contributed by atoms with van der Waals surface area (Å²) < 4.78 is 5.01. The summed E-state index contributed by atoms with van der Waals surface area (Å²) in [6.07, 6.45) is 1.48. The summed E-state index contributed by atoms with van der Waals surface area (Å²) >= 11 is 0. The van der Waals surface area contributed by atoms with Crippen LogP contribution in [-0.4, -0.2) is 31.3 Å². The summed E-state index contributed by atoms with van der Waals surface area (Å²) in [5.41, 5.74) is 0.722.